The van der Waals surface area contributed by atoms with Crippen LogP contribution in [-0.2, 0) is 6.54 Å². The molecule has 0 saturated heterocycles. The minimum absolute atomic E-state index is 0.0233. The van der Waals surface area contributed by atoms with Gasteiger partial charge in [-0.15, -0.1) is 0 Å². The molecule has 0 fully saturated rings. The van der Waals surface area contributed by atoms with Gasteiger partial charge in [-0.2, -0.15) is 0 Å². The molecule has 0 bridgehead atoms. The zero-order chi connectivity index (χ0) is 15.1. The average Bonchev–Trinajstić information content (AvgIpc) is 2.52. The van der Waals surface area contributed by atoms with Crippen LogP contribution in [0.1, 0.15) is 30.5 Å². The molecule has 1 aromatic heterocycles. The van der Waals surface area contributed by atoms with Gasteiger partial charge >= 0.3 is 0 Å². The largest absolute Gasteiger partial charge is 0.324 e. The Labute approximate surface area is 131 Å². The highest BCUT2D eigenvalue weighted by molar-refractivity contribution is 6.30. The molecule has 4 heteroatoms. The zero-order valence-electron chi connectivity index (χ0n) is 12.4. The topological polar surface area (TPSA) is 42.1 Å². The number of nitrogens with two attached hydrogens (primary N) is 1. The lowest BCUT2D eigenvalue weighted by Gasteiger charge is -2.22. The molecule has 3 nitrogen and oxygen atoms in total. The summed E-state index contributed by atoms with van der Waals surface area (Å²) in [5.41, 5.74) is 8.65. The quantitative estimate of drug-likeness (QED) is 0.849. The van der Waals surface area contributed by atoms with Gasteiger partial charge in [0, 0.05) is 36.5 Å². The maximum absolute atomic E-state index is 6.26. The maximum Gasteiger partial charge on any atom is 0.0409 e. The van der Waals surface area contributed by atoms with Crippen LogP contribution >= 0.6 is 11.6 Å². The number of hydrogen-bond donors (Lipinski definition) is 1. The molecule has 2 aromatic rings. The van der Waals surface area contributed by atoms with Gasteiger partial charge in [-0.05, 0) is 48.4 Å². The fourth-order valence-corrected chi connectivity index (χ4v) is 2.52. The van der Waals surface area contributed by atoms with Crippen molar-refractivity contribution in [1.29, 1.82) is 0 Å². The Bertz CT molecular complexity index is 545. The first-order valence-corrected chi connectivity index (χ1v) is 7.69. The number of pyridine rings is 1. The van der Waals surface area contributed by atoms with Crippen molar-refractivity contribution >= 4 is 11.6 Å². The number of hydrogen-bond acceptors (Lipinski definition) is 3. The van der Waals surface area contributed by atoms with E-state index in [4.69, 9.17) is 17.3 Å². The SMILES string of the molecule is CCN(CCC(N)c1cccc(Cl)c1)Cc1ccncc1. The normalized spacial score (nSPS) is 12.6. The first kappa shape index (κ1) is 16.0. The van der Waals surface area contributed by atoms with Crippen LogP contribution in [0.4, 0.5) is 0 Å². The van der Waals surface area contributed by atoms with Crippen LogP contribution in [0.2, 0.25) is 5.02 Å². The van der Waals surface area contributed by atoms with E-state index in [0.717, 1.165) is 36.6 Å². The molecule has 1 atom stereocenters. The Kier molecular flexibility index (Phi) is 6.18. The summed E-state index contributed by atoms with van der Waals surface area (Å²) in [5.74, 6) is 0. The van der Waals surface area contributed by atoms with E-state index in [2.05, 4.69) is 28.9 Å². The van der Waals surface area contributed by atoms with Crippen molar-refractivity contribution in [3.63, 3.8) is 0 Å². The Morgan fingerprint density at radius 2 is 2.00 bits per heavy atom. The molecule has 0 spiro atoms. The Morgan fingerprint density at radius 1 is 1.24 bits per heavy atom. The van der Waals surface area contributed by atoms with E-state index in [1.807, 2.05) is 36.7 Å². The van der Waals surface area contributed by atoms with Crippen molar-refractivity contribution < 1.29 is 0 Å². The monoisotopic (exact) mass is 303 g/mol. The molecular formula is C17H22ClN3. The maximum atomic E-state index is 6.26. The van der Waals surface area contributed by atoms with Crippen molar-refractivity contribution in [3.05, 3.63) is 64.9 Å². The van der Waals surface area contributed by atoms with Gasteiger partial charge < -0.3 is 5.73 Å². The molecule has 0 saturated carbocycles. The fourth-order valence-electron chi connectivity index (χ4n) is 2.32. The lowest BCUT2D eigenvalue weighted by Crippen LogP contribution is -2.27. The molecule has 0 aliphatic carbocycles. The first-order valence-electron chi connectivity index (χ1n) is 7.31. The van der Waals surface area contributed by atoms with Crippen LogP contribution in [0.3, 0.4) is 0 Å². The number of benzene rings is 1. The second-order valence-corrected chi connectivity index (χ2v) is 5.61. The second kappa shape index (κ2) is 8.13. The summed E-state index contributed by atoms with van der Waals surface area (Å²) in [6, 6.07) is 11.9. The summed E-state index contributed by atoms with van der Waals surface area (Å²) in [7, 11) is 0. The van der Waals surface area contributed by atoms with E-state index in [0.29, 0.717) is 0 Å². The van der Waals surface area contributed by atoms with Crippen molar-refractivity contribution in [3.8, 4) is 0 Å². The molecule has 2 rings (SSSR count). The molecule has 21 heavy (non-hydrogen) atoms. The second-order valence-electron chi connectivity index (χ2n) is 5.17. The molecular weight excluding hydrogens is 282 g/mol. The zero-order valence-corrected chi connectivity index (χ0v) is 13.1. The van der Waals surface area contributed by atoms with Crippen LogP contribution in [0, 0.1) is 0 Å². The third-order valence-corrected chi connectivity index (χ3v) is 3.87. The van der Waals surface area contributed by atoms with Gasteiger partial charge in [0.05, 0.1) is 0 Å². The van der Waals surface area contributed by atoms with Gasteiger partial charge in [0.25, 0.3) is 0 Å². The minimum Gasteiger partial charge on any atom is -0.324 e. The molecule has 2 N–H and O–H groups in total. The summed E-state index contributed by atoms with van der Waals surface area (Å²) in [6.07, 6.45) is 4.58. The summed E-state index contributed by atoms with van der Waals surface area (Å²) in [4.78, 5) is 6.44. The van der Waals surface area contributed by atoms with E-state index in [1.54, 1.807) is 0 Å². The third kappa shape index (κ3) is 5.12. The Morgan fingerprint density at radius 3 is 2.67 bits per heavy atom. The van der Waals surface area contributed by atoms with Gasteiger partial charge in [0.15, 0.2) is 0 Å². The lowest BCUT2D eigenvalue weighted by atomic mass is 10.0. The van der Waals surface area contributed by atoms with Crippen molar-refractivity contribution in [1.82, 2.24) is 9.88 Å². The van der Waals surface area contributed by atoms with E-state index >= 15 is 0 Å². The predicted molar refractivity (Wildman–Crippen MR) is 88.2 cm³/mol. The van der Waals surface area contributed by atoms with Gasteiger partial charge in [0.1, 0.15) is 0 Å². The molecule has 0 aliphatic rings. The van der Waals surface area contributed by atoms with Crippen molar-refractivity contribution in [2.75, 3.05) is 13.1 Å². The summed E-state index contributed by atoms with van der Waals surface area (Å²) in [6.45, 7) is 5.07. The van der Waals surface area contributed by atoms with Crippen LogP contribution in [-0.4, -0.2) is 23.0 Å². The molecule has 0 amide bonds. The molecule has 1 aromatic carbocycles. The van der Waals surface area contributed by atoms with E-state index in [9.17, 15) is 0 Å². The Hall–Kier alpha value is -1.42. The van der Waals surface area contributed by atoms with Gasteiger partial charge in [-0.1, -0.05) is 30.7 Å². The predicted octanol–water partition coefficient (Wildman–Crippen LogP) is 3.65. The fraction of sp³-hybridized carbons (Fsp3) is 0.353. The van der Waals surface area contributed by atoms with E-state index in [-0.39, 0.29) is 6.04 Å². The first-order chi connectivity index (χ1) is 10.2. The molecule has 0 radical (unpaired) electrons. The highest BCUT2D eigenvalue weighted by atomic mass is 35.5. The average molecular weight is 304 g/mol. The molecule has 1 unspecified atom stereocenters. The minimum atomic E-state index is 0.0233. The molecule has 1 heterocycles. The Balaban J connectivity index is 1.88. The van der Waals surface area contributed by atoms with E-state index in [1.165, 1.54) is 5.56 Å². The van der Waals surface area contributed by atoms with Gasteiger partial charge in [-0.25, -0.2) is 0 Å². The van der Waals surface area contributed by atoms with Crippen molar-refractivity contribution in [2.24, 2.45) is 5.73 Å². The van der Waals surface area contributed by atoms with Crippen molar-refractivity contribution in [2.45, 2.75) is 25.9 Å². The van der Waals surface area contributed by atoms with E-state index < -0.39 is 0 Å². The standard InChI is InChI=1S/C17H22ClN3/c1-2-21(13-14-6-9-20-10-7-14)11-8-17(19)15-4-3-5-16(18)12-15/h3-7,9-10,12,17H,2,8,11,13,19H2,1H3. The third-order valence-electron chi connectivity index (χ3n) is 3.64. The number of rotatable bonds is 7. The van der Waals surface area contributed by atoms with Crippen LogP contribution in [0.15, 0.2) is 48.8 Å². The van der Waals surface area contributed by atoms with Crippen LogP contribution in [0.25, 0.3) is 0 Å². The smallest absolute Gasteiger partial charge is 0.0409 e. The van der Waals surface area contributed by atoms with Gasteiger partial charge in [-0.3, -0.25) is 9.88 Å². The van der Waals surface area contributed by atoms with Gasteiger partial charge in [0.2, 0.25) is 0 Å². The van der Waals surface area contributed by atoms with Crippen LogP contribution < -0.4 is 5.73 Å². The lowest BCUT2D eigenvalue weighted by molar-refractivity contribution is 0.268. The van der Waals surface area contributed by atoms with Crippen LogP contribution in [0.5, 0.6) is 0 Å². The molecule has 0 aliphatic heterocycles. The molecule has 112 valence electrons. The number of halogens is 1. The summed E-state index contributed by atoms with van der Waals surface area (Å²) in [5, 5.41) is 0.743. The highest BCUT2D eigenvalue weighted by Gasteiger charge is 2.10. The number of nitrogens with zero attached hydrogens (tertiary/aromatic N) is 2. The number of aromatic nitrogens is 1. The summed E-state index contributed by atoms with van der Waals surface area (Å²) < 4.78 is 0. The summed E-state index contributed by atoms with van der Waals surface area (Å²) >= 11 is 6.01. The highest BCUT2D eigenvalue weighted by Crippen LogP contribution is 2.19.